The summed E-state index contributed by atoms with van der Waals surface area (Å²) in [5, 5.41) is 0. The molecule has 374 valence electrons. The van der Waals surface area contributed by atoms with Gasteiger partial charge in [-0.2, -0.15) is 0 Å². The molecule has 0 bridgehead atoms. The van der Waals surface area contributed by atoms with Crippen LogP contribution in [0.1, 0.15) is 323 Å². The number of rotatable bonds is 52. The molecular formula is C57H110O6. The zero-order valence-corrected chi connectivity index (χ0v) is 43.0. The van der Waals surface area contributed by atoms with Crippen LogP contribution in [-0.4, -0.2) is 37.2 Å². The van der Waals surface area contributed by atoms with Crippen molar-refractivity contribution in [3.63, 3.8) is 0 Å². The Bertz CT molecular complexity index is 949. The SMILES string of the molecule is CCCCCCCCCCCCCCCCC(=O)O[C@H](COC(=O)CCCCCCCCCCCCCCC)COC(=O)CCCCCCCCCCCCCCCCCC(C)C. The fourth-order valence-electron chi connectivity index (χ4n) is 8.75. The van der Waals surface area contributed by atoms with Gasteiger partial charge in [-0.1, -0.05) is 285 Å². The van der Waals surface area contributed by atoms with E-state index in [9.17, 15) is 14.4 Å². The van der Waals surface area contributed by atoms with Gasteiger partial charge >= 0.3 is 17.9 Å². The lowest BCUT2D eigenvalue weighted by Gasteiger charge is -2.18. The van der Waals surface area contributed by atoms with Gasteiger partial charge in [-0.3, -0.25) is 14.4 Å². The highest BCUT2D eigenvalue weighted by molar-refractivity contribution is 5.71. The van der Waals surface area contributed by atoms with Crippen LogP contribution in [0.2, 0.25) is 0 Å². The number of esters is 3. The van der Waals surface area contributed by atoms with E-state index in [1.165, 1.54) is 218 Å². The molecule has 0 aliphatic heterocycles. The van der Waals surface area contributed by atoms with Crippen LogP contribution in [0.15, 0.2) is 0 Å². The molecule has 0 spiro atoms. The highest BCUT2D eigenvalue weighted by atomic mass is 16.6. The number of carbonyl (C=O) groups excluding carboxylic acids is 3. The molecule has 63 heavy (non-hydrogen) atoms. The molecule has 0 rings (SSSR count). The van der Waals surface area contributed by atoms with Gasteiger partial charge in [0.05, 0.1) is 0 Å². The van der Waals surface area contributed by atoms with Gasteiger partial charge in [0.15, 0.2) is 6.10 Å². The van der Waals surface area contributed by atoms with Crippen molar-refractivity contribution >= 4 is 17.9 Å². The monoisotopic (exact) mass is 891 g/mol. The molecule has 6 nitrogen and oxygen atoms in total. The number of hydrogen-bond acceptors (Lipinski definition) is 6. The van der Waals surface area contributed by atoms with Gasteiger partial charge < -0.3 is 14.2 Å². The summed E-state index contributed by atoms with van der Waals surface area (Å²) < 4.78 is 16.9. The van der Waals surface area contributed by atoms with Crippen LogP contribution in [-0.2, 0) is 28.6 Å². The van der Waals surface area contributed by atoms with Gasteiger partial charge in [-0.05, 0) is 25.2 Å². The van der Waals surface area contributed by atoms with Gasteiger partial charge in [-0.25, -0.2) is 0 Å². The third-order valence-corrected chi connectivity index (χ3v) is 13.0. The number of hydrogen-bond donors (Lipinski definition) is 0. The zero-order valence-electron chi connectivity index (χ0n) is 43.0. The molecule has 0 aliphatic carbocycles. The predicted octanol–water partition coefficient (Wildman–Crippen LogP) is 18.6. The Balaban J connectivity index is 4.28. The molecule has 0 saturated heterocycles. The third kappa shape index (κ3) is 51.3. The van der Waals surface area contributed by atoms with E-state index >= 15 is 0 Å². The Morgan fingerprint density at radius 2 is 0.524 bits per heavy atom. The first-order valence-electron chi connectivity index (χ1n) is 28.4. The first kappa shape index (κ1) is 61.4. The van der Waals surface area contributed by atoms with E-state index in [1.54, 1.807) is 0 Å². The minimum Gasteiger partial charge on any atom is -0.462 e. The van der Waals surface area contributed by atoms with Crippen LogP contribution in [0.4, 0.5) is 0 Å². The first-order valence-corrected chi connectivity index (χ1v) is 28.4. The smallest absolute Gasteiger partial charge is 0.306 e. The van der Waals surface area contributed by atoms with Crippen molar-refractivity contribution in [3.05, 3.63) is 0 Å². The normalized spacial score (nSPS) is 12.0. The van der Waals surface area contributed by atoms with Crippen molar-refractivity contribution in [3.8, 4) is 0 Å². The predicted molar refractivity (Wildman–Crippen MR) is 270 cm³/mol. The van der Waals surface area contributed by atoms with Crippen LogP contribution < -0.4 is 0 Å². The maximum absolute atomic E-state index is 12.8. The molecule has 6 heteroatoms. The lowest BCUT2D eigenvalue weighted by atomic mass is 10.0. The minimum atomic E-state index is -0.761. The largest absolute Gasteiger partial charge is 0.462 e. The van der Waals surface area contributed by atoms with E-state index in [1.807, 2.05) is 0 Å². The zero-order chi connectivity index (χ0) is 45.9. The lowest BCUT2D eigenvalue weighted by molar-refractivity contribution is -0.167. The van der Waals surface area contributed by atoms with Gasteiger partial charge in [-0.15, -0.1) is 0 Å². The van der Waals surface area contributed by atoms with Crippen molar-refractivity contribution < 1.29 is 28.6 Å². The summed E-state index contributed by atoms with van der Waals surface area (Å²) in [6, 6.07) is 0. The van der Waals surface area contributed by atoms with Crippen molar-refractivity contribution in [1.29, 1.82) is 0 Å². The van der Waals surface area contributed by atoms with E-state index in [2.05, 4.69) is 27.7 Å². The summed E-state index contributed by atoms with van der Waals surface area (Å²) in [6.45, 7) is 9.06. The topological polar surface area (TPSA) is 78.9 Å². The maximum atomic E-state index is 12.8. The van der Waals surface area contributed by atoms with Crippen LogP contribution in [0.5, 0.6) is 0 Å². The molecule has 0 amide bonds. The first-order chi connectivity index (χ1) is 30.9. The summed E-state index contributed by atoms with van der Waals surface area (Å²) in [7, 11) is 0. The number of unbranched alkanes of at least 4 members (excludes halogenated alkanes) is 39. The number of ether oxygens (including phenoxy) is 3. The Kier molecular flexibility index (Phi) is 50.1. The highest BCUT2D eigenvalue weighted by Gasteiger charge is 2.19. The van der Waals surface area contributed by atoms with Crippen LogP contribution in [0.25, 0.3) is 0 Å². The average Bonchev–Trinajstić information content (AvgIpc) is 3.27. The molecule has 0 radical (unpaired) electrons. The van der Waals surface area contributed by atoms with E-state index in [4.69, 9.17) is 14.2 Å². The van der Waals surface area contributed by atoms with Gasteiger partial charge in [0.2, 0.25) is 0 Å². The van der Waals surface area contributed by atoms with Crippen LogP contribution >= 0.6 is 0 Å². The minimum absolute atomic E-state index is 0.0619. The molecule has 0 aromatic rings. The molecule has 0 aromatic heterocycles. The maximum Gasteiger partial charge on any atom is 0.306 e. The fourth-order valence-corrected chi connectivity index (χ4v) is 8.75. The molecule has 1 atom stereocenters. The van der Waals surface area contributed by atoms with Gasteiger partial charge in [0, 0.05) is 19.3 Å². The second-order valence-electron chi connectivity index (χ2n) is 20.1. The molecule has 0 saturated carbocycles. The number of carbonyl (C=O) groups is 3. The molecule has 0 fully saturated rings. The highest BCUT2D eigenvalue weighted by Crippen LogP contribution is 2.18. The average molecular weight is 892 g/mol. The molecule has 0 aromatic carbocycles. The quantitative estimate of drug-likeness (QED) is 0.0344. The standard InChI is InChI=1S/C57H110O6/c1-5-7-9-11-13-15-17-19-25-30-34-38-42-46-50-57(60)63-54(51-61-55(58)48-44-40-36-32-28-23-18-16-14-12-10-8-6-2)52-62-56(59)49-45-41-37-33-29-26-22-20-21-24-27-31-35-39-43-47-53(3)4/h53-54H,5-52H2,1-4H3/t54-/m1/s1. The summed E-state index contributed by atoms with van der Waals surface area (Å²) in [5.41, 5.74) is 0. The summed E-state index contributed by atoms with van der Waals surface area (Å²) in [5.74, 6) is 0.0130. The Morgan fingerprint density at radius 3 is 0.778 bits per heavy atom. The van der Waals surface area contributed by atoms with Crippen LogP contribution in [0.3, 0.4) is 0 Å². The van der Waals surface area contributed by atoms with E-state index in [-0.39, 0.29) is 31.1 Å². The van der Waals surface area contributed by atoms with E-state index < -0.39 is 6.10 Å². The Labute approximate surface area is 393 Å². The summed E-state index contributed by atoms with van der Waals surface area (Å²) in [6.07, 6.45) is 55.1. The molecule has 0 N–H and O–H groups in total. The summed E-state index contributed by atoms with van der Waals surface area (Å²) >= 11 is 0. The Hall–Kier alpha value is -1.59. The molecule has 0 aliphatic rings. The Morgan fingerprint density at radius 1 is 0.302 bits per heavy atom. The van der Waals surface area contributed by atoms with Crippen molar-refractivity contribution in [2.45, 2.75) is 329 Å². The second kappa shape index (κ2) is 51.4. The van der Waals surface area contributed by atoms with E-state index in [0.717, 1.165) is 63.7 Å². The third-order valence-electron chi connectivity index (χ3n) is 13.0. The molecule has 0 unspecified atom stereocenters. The summed E-state index contributed by atoms with van der Waals surface area (Å²) in [4.78, 5) is 38.1. The van der Waals surface area contributed by atoms with Crippen molar-refractivity contribution in [2.24, 2.45) is 5.92 Å². The second-order valence-corrected chi connectivity index (χ2v) is 20.1. The van der Waals surface area contributed by atoms with Crippen LogP contribution in [0, 0.1) is 5.92 Å². The van der Waals surface area contributed by atoms with E-state index in [0.29, 0.717) is 19.3 Å². The van der Waals surface area contributed by atoms with Gasteiger partial charge in [0.25, 0.3) is 0 Å². The lowest BCUT2D eigenvalue weighted by Crippen LogP contribution is -2.30. The fraction of sp³-hybridized carbons (Fsp3) is 0.947. The van der Waals surface area contributed by atoms with Crippen molar-refractivity contribution in [2.75, 3.05) is 13.2 Å². The molecular weight excluding hydrogens is 781 g/mol. The molecule has 0 heterocycles. The van der Waals surface area contributed by atoms with Crippen molar-refractivity contribution in [1.82, 2.24) is 0 Å². The van der Waals surface area contributed by atoms with Gasteiger partial charge in [0.1, 0.15) is 13.2 Å².